The lowest BCUT2D eigenvalue weighted by molar-refractivity contribution is 0.107. The highest BCUT2D eigenvalue weighted by Crippen LogP contribution is 2.22. The van der Waals surface area contributed by atoms with Crippen LogP contribution in [-0.2, 0) is 0 Å². The van der Waals surface area contributed by atoms with Crippen molar-refractivity contribution in [1.82, 2.24) is 5.32 Å². The van der Waals surface area contributed by atoms with Crippen molar-refractivity contribution < 1.29 is 14.3 Å². The zero-order chi connectivity index (χ0) is 16.9. The van der Waals surface area contributed by atoms with E-state index >= 15 is 0 Å². The van der Waals surface area contributed by atoms with Crippen LogP contribution in [0.15, 0.2) is 64.3 Å². The molecular weight excluding hydrogens is 306 g/mol. The number of nitrogens with one attached hydrogen (secondary N) is 1. The van der Waals surface area contributed by atoms with E-state index in [1.54, 1.807) is 36.4 Å². The van der Waals surface area contributed by atoms with Gasteiger partial charge >= 0.3 is 0 Å². The van der Waals surface area contributed by atoms with E-state index in [1.165, 1.54) is 0 Å². The Kier molecular flexibility index (Phi) is 4.93. The second-order valence-corrected chi connectivity index (χ2v) is 5.50. The van der Waals surface area contributed by atoms with Crippen LogP contribution < -0.4 is 15.5 Å². The summed E-state index contributed by atoms with van der Waals surface area (Å²) in [5.74, 6) is 0.545. The Hall–Kier alpha value is -2.63. The van der Waals surface area contributed by atoms with Crippen LogP contribution in [0, 0.1) is 0 Å². The molecule has 3 aromatic rings. The third kappa shape index (κ3) is 3.48. The van der Waals surface area contributed by atoms with Crippen LogP contribution in [0.5, 0.6) is 5.75 Å². The minimum Gasteiger partial charge on any atom is -0.491 e. The van der Waals surface area contributed by atoms with E-state index in [0.717, 1.165) is 0 Å². The molecule has 1 aromatic heterocycles. The van der Waals surface area contributed by atoms with Crippen molar-refractivity contribution in [2.45, 2.75) is 6.10 Å². The predicted octanol–water partition coefficient (Wildman–Crippen LogP) is 2.46. The molecule has 0 aliphatic carbocycles. The molecule has 0 aliphatic rings. The highest BCUT2D eigenvalue weighted by molar-refractivity contribution is 5.90. The number of para-hydroxylation sites is 1. The molecule has 0 bridgehead atoms. The van der Waals surface area contributed by atoms with Gasteiger partial charge in [-0.05, 0) is 24.3 Å². The number of aliphatic hydroxyl groups excluding tert-OH is 1. The summed E-state index contributed by atoms with van der Waals surface area (Å²) in [6.07, 6.45) is 1.09. The second kappa shape index (κ2) is 7.29. The Labute approximate surface area is 139 Å². The fraction of sp³-hybridized carbons (Fsp3) is 0.211. The molecule has 2 N–H and O–H groups in total. The van der Waals surface area contributed by atoms with Gasteiger partial charge in [-0.2, -0.15) is 0 Å². The fourth-order valence-electron chi connectivity index (χ4n) is 2.47. The third-order valence-corrected chi connectivity index (χ3v) is 3.66. The van der Waals surface area contributed by atoms with Gasteiger partial charge < -0.3 is 19.6 Å². The highest BCUT2D eigenvalue weighted by Gasteiger charge is 2.09. The lowest BCUT2D eigenvalue weighted by Crippen LogP contribution is -2.31. The van der Waals surface area contributed by atoms with Crippen molar-refractivity contribution >= 4 is 21.9 Å². The Morgan fingerprint density at radius 2 is 2.00 bits per heavy atom. The summed E-state index contributed by atoms with van der Waals surface area (Å²) in [6, 6.07) is 12.2. The Morgan fingerprint density at radius 1 is 1.21 bits per heavy atom. The van der Waals surface area contributed by atoms with Crippen molar-refractivity contribution in [3.05, 3.63) is 65.3 Å². The van der Waals surface area contributed by atoms with Gasteiger partial charge in [-0.3, -0.25) is 4.79 Å². The largest absolute Gasteiger partial charge is 0.491 e. The average Bonchev–Trinajstić information content (AvgIpc) is 2.60. The zero-order valence-corrected chi connectivity index (χ0v) is 13.2. The summed E-state index contributed by atoms with van der Waals surface area (Å²) < 4.78 is 11.4. The molecule has 1 unspecified atom stereocenters. The van der Waals surface area contributed by atoms with Crippen LogP contribution in [0.1, 0.15) is 0 Å². The molecule has 5 heteroatoms. The lowest BCUT2D eigenvalue weighted by Gasteiger charge is -2.13. The molecule has 0 aliphatic heterocycles. The molecular formula is C19H19NO4. The van der Waals surface area contributed by atoms with Gasteiger partial charge in [0.1, 0.15) is 29.6 Å². The topological polar surface area (TPSA) is 71.7 Å². The van der Waals surface area contributed by atoms with Gasteiger partial charge in [0.25, 0.3) is 0 Å². The molecule has 5 nitrogen and oxygen atoms in total. The molecule has 0 fully saturated rings. The molecule has 2 aromatic carbocycles. The molecule has 0 amide bonds. The Balaban J connectivity index is 1.80. The van der Waals surface area contributed by atoms with E-state index in [-0.39, 0.29) is 12.0 Å². The first kappa shape index (κ1) is 16.2. The molecule has 3 rings (SSSR count). The van der Waals surface area contributed by atoms with Gasteiger partial charge in [-0.25, -0.2) is 0 Å². The molecule has 124 valence electrons. The number of fused-ring (bicyclic) bond motifs is 2. The molecule has 1 atom stereocenters. The monoisotopic (exact) mass is 325 g/mol. The fourth-order valence-corrected chi connectivity index (χ4v) is 2.47. The van der Waals surface area contributed by atoms with Gasteiger partial charge in [0, 0.05) is 19.2 Å². The van der Waals surface area contributed by atoms with Crippen molar-refractivity contribution in [3.8, 4) is 5.75 Å². The standard InChI is InChI=1S/C19H19NO4/c1-2-9-20-11-13(21)12-23-14-7-8-16-18(10-14)24-17-6-4-3-5-15(17)19(16)22/h2-8,10,13,20-21H,1,9,11-12H2. The maximum absolute atomic E-state index is 12.5. The van der Waals surface area contributed by atoms with Crippen LogP contribution in [-0.4, -0.2) is 30.9 Å². The predicted molar refractivity (Wildman–Crippen MR) is 94.6 cm³/mol. The lowest BCUT2D eigenvalue weighted by atomic mass is 10.1. The normalized spacial score (nSPS) is 12.4. The van der Waals surface area contributed by atoms with E-state index in [9.17, 15) is 9.90 Å². The second-order valence-electron chi connectivity index (χ2n) is 5.50. The highest BCUT2D eigenvalue weighted by atomic mass is 16.5. The SMILES string of the molecule is C=CCNCC(O)COc1ccc2c(=O)c3ccccc3oc2c1. The maximum Gasteiger partial charge on any atom is 0.200 e. The summed E-state index contributed by atoms with van der Waals surface area (Å²) >= 11 is 0. The van der Waals surface area contributed by atoms with Gasteiger partial charge in [0.15, 0.2) is 0 Å². The van der Waals surface area contributed by atoms with E-state index in [1.807, 2.05) is 12.1 Å². The van der Waals surface area contributed by atoms with Crippen LogP contribution in [0.2, 0.25) is 0 Å². The van der Waals surface area contributed by atoms with Crippen LogP contribution >= 0.6 is 0 Å². The van der Waals surface area contributed by atoms with E-state index in [2.05, 4.69) is 11.9 Å². The molecule has 0 radical (unpaired) electrons. The number of ether oxygens (including phenoxy) is 1. The van der Waals surface area contributed by atoms with Crippen LogP contribution in [0.25, 0.3) is 21.9 Å². The summed E-state index contributed by atoms with van der Waals surface area (Å²) in [7, 11) is 0. The number of rotatable bonds is 7. The van der Waals surface area contributed by atoms with Crippen molar-refractivity contribution in [2.75, 3.05) is 19.7 Å². The third-order valence-electron chi connectivity index (χ3n) is 3.66. The number of hydrogen-bond acceptors (Lipinski definition) is 5. The minimum absolute atomic E-state index is 0.0629. The molecule has 0 saturated heterocycles. The molecule has 0 spiro atoms. The van der Waals surface area contributed by atoms with E-state index in [4.69, 9.17) is 9.15 Å². The average molecular weight is 325 g/mol. The van der Waals surface area contributed by atoms with Crippen molar-refractivity contribution in [3.63, 3.8) is 0 Å². The van der Waals surface area contributed by atoms with Crippen LogP contribution in [0.3, 0.4) is 0 Å². The van der Waals surface area contributed by atoms with Gasteiger partial charge in [-0.15, -0.1) is 6.58 Å². The Morgan fingerprint density at radius 3 is 2.83 bits per heavy atom. The number of benzene rings is 2. The summed E-state index contributed by atoms with van der Waals surface area (Å²) in [4.78, 5) is 12.5. The minimum atomic E-state index is -0.635. The number of aliphatic hydroxyl groups is 1. The first-order valence-electron chi connectivity index (χ1n) is 7.77. The summed E-state index contributed by atoms with van der Waals surface area (Å²) in [5, 5.41) is 13.9. The van der Waals surface area contributed by atoms with Crippen molar-refractivity contribution in [1.29, 1.82) is 0 Å². The molecule has 24 heavy (non-hydrogen) atoms. The zero-order valence-electron chi connectivity index (χ0n) is 13.2. The quantitative estimate of drug-likeness (QED) is 0.397. The summed E-state index contributed by atoms with van der Waals surface area (Å²) in [5.41, 5.74) is 0.948. The first-order chi connectivity index (χ1) is 11.7. The van der Waals surface area contributed by atoms with Crippen molar-refractivity contribution in [2.24, 2.45) is 0 Å². The smallest absolute Gasteiger partial charge is 0.200 e. The number of hydrogen-bond donors (Lipinski definition) is 2. The molecule has 0 saturated carbocycles. The van der Waals surface area contributed by atoms with Gasteiger partial charge in [-0.1, -0.05) is 18.2 Å². The molecule has 1 heterocycles. The summed E-state index contributed by atoms with van der Waals surface area (Å²) in [6.45, 7) is 4.79. The van der Waals surface area contributed by atoms with Gasteiger partial charge in [0.05, 0.1) is 10.8 Å². The maximum atomic E-state index is 12.5. The van der Waals surface area contributed by atoms with E-state index in [0.29, 0.717) is 40.8 Å². The van der Waals surface area contributed by atoms with Gasteiger partial charge in [0.2, 0.25) is 5.43 Å². The first-order valence-corrected chi connectivity index (χ1v) is 7.77. The van der Waals surface area contributed by atoms with E-state index < -0.39 is 6.10 Å². The Bertz CT molecular complexity index is 916. The van der Waals surface area contributed by atoms with Crippen LogP contribution in [0.4, 0.5) is 0 Å².